The summed E-state index contributed by atoms with van der Waals surface area (Å²) >= 11 is 0. The molecule has 0 atom stereocenters. The number of nitrogens with zero attached hydrogens (tertiary/aromatic N) is 4. The van der Waals surface area contributed by atoms with Crippen molar-refractivity contribution in [3.8, 4) is 44.9 Å². The van der Waals surface area contributed by atoms with Crippen LogP contribution in [0.25, 0.3) is 110 Å². The van der Waals surface area contributed by atoms with E-state index in [0.29, 0.717) is 0 Å². The molecule has 4 aromatic heterocycles. The fraction of sp³-hybridized carbons (Fsp3) is 0. The predicted octanol–water partition coefficient (Wildman–Crippen LogP) is 12.9. The molecule has 4 nitrogen and oxygen atoms in total. The van der Waals surface area contributed by atoms with Crippen LogP contribution in [0.4, 0.5) is 0 Å². The van der Waals surface area contributed by atoms with Crippen LogP contribution in [0, 0.1) is 0 Å². The van der Waals surface area contributed by atoms with E-state index in [-0.39, 0.29) is 0 Å². The predicted molar refractivity (Wildman–Crippen MR) is 224 cm³/mol. The minimum Gasteiger partial charge on any atom is -0.245 e. The molecule has 0 saturated heterocycles. The number of para-hydroxylation sites is 1. The zero-order valence-electron chi connectivity index (χ0n) is 29.1. The van der Waals surface area contributed by atoms with Crippen molar-refractivity contribution in [2.75, 3.05) is 0 Å². The molecule has 7 aromatic carbocycles. The molecule has 250 valence electrons. The van der Waals surface area contributed by atoms with Crippen molar-refractivity contribution < 1.29 is 0 Å². The minimum absolute atomic E-state index is 0.895. The van der Waals surface area contributed by atoms with Crippen LogP contribution < -0.4 is 0 Å². The van der Waals surface area contributed by atoms with Crippen molar-refractivity contribution in [1.29, 1.82) is 0 Å². The average Bonchev–Trinajstić information content (AvgIpc) is 3.25. The summed E-state index contributed by atoms with van der Waals surface area (Å²) in [5.74, 6) is 0. The Morgan fingerprint density at radius 1 is 0.259 bits per heavy atom. The first-order chi connectivity index (χ1) is 26.8. The minimum atomic E-state index is 0.895. The van der Waals surface area contributed by atoms with Gasteiger partial charge in [0.1, 0.15) is 0 Å². The number of benzene rings is 7. The van der Waals surface area contributed by atoms with Crippen molar-refractivity contribution in [3.63, 3.8) is 0 Å². The van der Waals surface area contributed by atoms with Gasteiger partial charge in [0.25, 0.3) is 0 Å². The van der Waals surface area contributed by atoms with Crippen LogP contribution >= 0.6 is 0 Å². The Labute approximate surface area is 311 Å². The highest BCUT2D eigenvalue weighted by molar-refractivity contribution is 6.16. The Bertz CT molecular complexity index is 3270. The van der Waals surface area contributed by atoms with Gasteiger partial charge >= 0.3 is 0 Å². The van der Waals surface area contributed by atoms with E-state index in [1.165, 1.54) is 11.1 Å². The summed E-state index contributed by atoms with van der Waals surface area (Å²) in [6.07, 6.45) is 0. The molecule has 0 radical (unpaired) electrons. The Morgan fingerprint density at radius 3 is 1.31 bits per heavy atom. The Balaban J connectivity index is 1.09. The smallest absolute Gasteiger partial charge is 0.0978 e. The van der Waals surface area contributed by atoms with E-state index >= 15 is 0 Å². The molecule has 11 rings (SSSR count). The quantitative estimate of drug-likeness (QED) is 0.137. The van der Waals surface area contributed by atoms with E-state index in [0.717, 1.165) is 99.1 Å². The number of hydrogen-bond acceptors (Lipinski definition) is 4. The second kappa shape index (κ2) is 12.1. The molecule has 11 aromatic rings. The SMILES string of the molecule is c1ccc(-c2ccc3ccc4ccc(-c5ccc(-c6ccc7ccc8c(-c9ccccc9)c9ccccc9nc8c7n6)c6ccccc56)nc4c3n2)cc1. The van der Waals surface area contributed by atoms with Gasteiger partial charge in [0.05, 0.1) is 44.7 Å². The van der Waals surface area contributed by atoms with Gasteiger partial charge in [0.15, 0.2) is 0 Å². The average molecular weight is 687 g/mol. The summed E-state index contributed by atoms with van der Waals surface area (Å²) in [4.78, 5) is 21.1. The monoisotopic (exact) mass is 686 g/mol. The fourth-order valence-electron chi connectivity index (χ4n) is 8.04. The number of rotatable bonds is 4. The maximum absolute atomic E-state index is 5.39. The summed E-state index contributed by atoms with van der Waals surface area (Å²) in [7, 11) is 0. The largest absolute Gasteiger partial charge is 0.245 e. The van der Waals surface area contributed by atoms with Gasteiger partial charge in [-0.1, -0.05) is 158 Å². The van der Waals surface area contributed by atoms with Crippen LogP contribution in [0.1, 0.15) is 0 Å². The summed E-state index contributed by atoms with van der Waals surface area (Å²) in [5, 5.41) is 7.67. The highest BCUT2D eigenvalue weighted by Gasteiger charge is 2.17. The van der Waals surface area contributed by atoms with Crippen LogP contribution in [0.3, 0.4) is 0 Å². The molecule has 4 heteroatoms. The van der Waals surface area contributed by atoms with Gasteiger partial charge in [-0.05, 0) is 40.6 Å². The highest BCUT2D eigenvalue weighted by Crippen LogP contribution is 2.40. The lowest BCUT2D eigenvalue weighted by Gasteiger charge is -2.14. The molecule has 0 aliphatic carbocycles. The van der Waals surface area contributed by atoms with Crippen LogP contribution in [-0.4, -0.2) is 19.9 Å². The first-order valence-electron chi connectivity index (χ1n) is 18.2. The molecule has 0 bridgehead atoms. The lowest BCUT2D eigenvalue weighted by Crippen LogP contribution is -1.94. The van der Waals surface area contributed by atoms with Crippen LogP contribution in [0.5, 0.6) is 0 Å². The molecule has 0 unspecified atom stereocenters. The molecule has 0 aliphatic rings. The van der Waals surface area contributed by atoms with E-state index in [1.54, 1.807) is 0 Å². The maximum Gasteiger partial charge on any atom is 0.0978 e. The molecule has 0 fully saturated rings. The number of pyridine rings is 4. The van der Waals surface area contributed by atoms with Crippen molar-refractivity contribution >= 4 is 65.3 Å². The zero-order valence-corrected chi connectivity index (χ0v) is 29.1. The normalized spacial score (nSPS) is 11.7. The molecule has 0 amide bonds. The second-order valence-electron chi connectivity index (χ2n) is 13.8. The molecule has 0 saturated carbocycles. The molecule has 0 spiro atoms. The molecule has 4 heterocycles. The van der Waals surface area contributed by atoms with Gasteiger partial charge < -0.3 is 0 Å². The van der Waals surface area contributed by atoms with Gasteiger partial charge in [-0.3, -0.25) is 0 Å². The Morgan fingerprint density at radius 2 is 0.704 bits per heavy atom. The van der Waals surface area contributed by atoms with Crippen molar-refractivity contribution in [3.05, 3.63) is 182 Å². The number of aromatic nitrogens is 4. The molecular weight excluding hydrogens is 657 g/mol. The lowest BCUT2D eigenvalue weighted by atomic mass is 9.94. The third kappa shape index (κ3) is 4.85. The van der Waals surface area contributed by atoms with Crippen LogP contribution in [0.2, 0.25) is 0 Å². The molecule has 0 aliphatic heterocycles. The Kier molecular flexibility index (Phi) is 6.82. The second-order valence-corrected chi connectivity index (χ2v) is 13.8. The Hall–Kier alpha value is -7.30. The van der Waals surface area contributed by atoms with Gasteiger partial charge in [-0.25, -0.2) is 19.9 Å². The van der Waals surface area contributed by atoms with E-state index in [1.807, 2.05) is 18.2 Å². The van der Waals surface area contributed by atoms with Gasteiger partial charge in [0.2, 0.25) is 0 Å². The summed E-state index contributed by atoms with van der Waals surface area (Å²) in [5.41, 5.74) is 12.9. The van der Waals surface area contributed by atoms with E-state index in [9.17, 15) is 0 Å². The van der Waals surface area contributed by atoms with Gasteiger partial charge in [-0.2, -0.15) is 0 Å². The fourth-order valence-corrected chi connectivity index (χ4v) is 8.04. The van der Waals surface area contributed by atoms with Crippen LogP contribution in [0.15, 0.2) is 182 Å². The molecular formula is C50H30N4. The topological polar surface area (TPSA) is 51.6 Å². The summed E-state index contributed by atoms with van der Waals surface area (Å²) in [6, 6.07) is 63.7. The van der Waals surface area contributed by atoms with Crippen molar-refractivity contribution in [1.82, 2.24) is 19.9 Å². The van der Waals surface area contributed by atoms with Crippen molar-refractivity contribution in [2.45, 2.75) is 0 Å². The standard InChI is InChI=1S/C50H30N4/c1-3-11-31(12-4-1)42-28-22-33-19-20-34-23-29-44(52-48(34)47(33)51-42)38-26-27-39(37-16-8-7-15-36(37)38)45-30-24-35-21-25-41-46(32-13-5-2-6-14-32)40-17-9-10-18-43(40)54-50(41)49(35)53-45/h1-30H. The number of fused-ring (bicyclic) bond motifs is 8. The van der Waals surface area contributed by atoms with E-state index in [2.05, 4.69) is 164 Å². The third-order valence-corrected chi connectivity index (χ3v) is 10.6. The first kappa shape index (κ1) is 30.3. The summed E-state index contributed by atoms with van der Waals surface area (Å²) in [6.45, 7) is 0. The summed E-state index contributed by atoms with van der Waals surface area (Å²) < 4.78 is 0. The van der Waals surface area contributed by atoms with Crippen LogP contribution in [-0.2, 0) is 0 Å². The number of hydrogen-bond donors (Lipinski definition) is 0. The third-order valence-electron chi connectivity index (χ3n) is 10.6. The molecule has 0 N–H and O–H groups in total. The van der Waals surface area contributed by atoms with Gasteiger partial charge in [-0.15, -0.1) is 0 Å². The maximum atomic E-state index is 5.39. The first-order valence-corrected chi connectivity index (χ1v) is 18.2. The highest BCUT2D eigenvalue weighted by atomic mass is 14.8. The lowest BCUT2D eigenvalue weighted by molar-refractivity contribution is 1.37. The van der Waals surface area contributed by atoms with E-state index < -0.39 is 0 Å². The van der Waals surface area contributed by atoms with E-state index in [4.69, 9.17) is 19.9 Å². The zero-order chi connectivity index (χ0) is 35.6. The van der Waals surface area contributed by atoms with Gasteiger partial charge in [0, 0.05) is 49.2 Å². The van der Waals surface area contributed by atoms with Crippen molar-refractivity contribution in [2.24, 2.45) is 0 Å². The molecule has 54 heavy (non-hydrogen) atoms.